The van der Waals surface area contributed by atoms with Crippen molar-refractivity contribution >= 4 is 0 Å². The SMILES string of the molecule is CN1CCC(OC(C)(C)N)CC1. The molecule has 0 aromatic rings. The van der Waals surface area contributed by atoms with Gasteiger partial charge in [-0.1, -0.05) is 0 Å². The minimum Gasteiger partial charge on any atom is -0.358 e. The van der Waals surface area contributed by atoms with Gasteiger partial charge in [0.05, 0.1) is 6.10 Å². The van der Waals surface area contributed by atoms with Crippen LogP contribution >= 0.6 is 0 Å². The fourth-order valence-corrected chi connectivity index (χ4v) is 1.53. The number of likely N-dealkylation sites (tertiary alicyclic amines) is 1. The van der Waals surface area contributed by atoms with Crippen molar-refractivity contribution in [1.82, 2.24) is 4.90 Å². The Balaban J connectivity index is 2.26. The number of piperidine rings is 1. The zero-order valence-corrected chi connectivity index (χ0v) is 8.34. The molecule has 3 nitrogen and oxygen atoms in total. The number of rotatable bonds is 2. The maximum absolute atomic E-state index is 5.77. The van der Waals surface area contributed by atoms with Gasteiger partial charge >= 0.3 is 0 Å². The lowest BCUT2D eigenvalue weighted by molar-refractivity contribution is -0.0869. The molecule has 1 fully saturated rings. The summed E-state index contributed by atoms with van der Waals surface area (Å²) in [6.45, 7) is 6.07. The van der Waals surface area contributed by atoms with Crippen LogP contribution < -0.4 is 5.73 Å². The highest BCUT2D eigenvalue weighted by atomic mass is 16.5. The van der Waals surface area contributed by atoms with E-state index < -0.39 is 5.72 Å². The molecule has 0 aromatic carbocycles. The summed E-state index contributed by atoms with van der Waals surface area (Å²) >= 11 is 0. The van der Waals surface area contributed by atoms with Crippen LogP contribution in [0.25, 0.3) is 0 Å². The summed E-state index contributed by atoms with van der Waals surface area (Å²) in [6, 6.07) is 0. The maximum Gasteiger partial charge on any atom is 0.111 e. The Labute approximate surface area is 74.9 Å². The van der Waals surface area contributed by atoms with Crippen molar-refractivity contribution in [3.63, 3.8) is 0 Å². The van der Waals surface area contributed by atoms with Crippen LogP contribution in [0.3, 0.4) is 0 Å². The predicted molar refractivity (Wildman–Crippen MR) is 49.9 cm³/mol. The highest BCUT2D eigenvalue weighted by Gasteiger charge is 2.22. The van der Waals surface area contributed by atoms with Gasteiger partial charge in [-0.15, -0.1) is 0 Å². The molecule has 0 saturated carbocycles. The first-order chi connectivity index (χ1) is 5.47. The molecule has 0 radical (unpaired) electrons. The molecule has 1 rings (SSSR count). The molecule has 0 spiro atoms. The molecular weight excluding hydrogens is 152 g/mol. The Bertz CT molecular complexity index is 134. The van der Waals surface area contributed by atoms with Crippen molar-refractivity contribution in [2.24, 2.45) is 5.73 Å². The monoisotopic (exact) mass is 172 g/mol. The van der Waals surface area contributed by atoms with Crippen molar-refractivity contribution in [2.45, 2.75) is 38.5 Å². The van der Waals surface area contributed by atoms with Crippen LogP contribution in [0.2, 0.25) is 0 Å². The van der Waals surface area contributed by atoms with Crippen molar-refractivity contribution in [3.8, 4) is 0 Å². The van der Waals surface area contributed by atoms with Gasteiger partial charge in [-0.05, 0) is 33.7 Å². The van der Waals surface area contributed by atoms with E-state index in [4.69, 9.17) is 10.5 Å². The number of hydrogen-bond donors (Lipinski definition) is 1. The van der Waals surface area contributed by atoms with Gasteiger partial charge in [0.2, 0.25) is 0 Å². The molecule has 72 valence electrons. The van der Waals surface area contributed by atoms with E-state index in [0.717, 1.165) is 25.9 Å². The molecule has 1 aliphatic rings. The number of nitrogens with zero attached hydrogens (tertiary/aromatic N) is 1. The maximum atomic E-state index is 5.77. The van der Waals surface area contributed by atoms with Crippen LogP contribution in [-0.2, 0) is 4.74 Å². The van der Waals surface area contributed by atoms with E-state index in [1.807, 2.05) is 13.8 Å². The Morgan fingerprint density at radius 1 is 1.33 bits per heavy atom. The van der Waals surface area contributed by atoms with Crippen molar-refractivity contribution in [3.05, 3.63) is 0 Å². The van der Waals surface area contributed by atoms with Gasteiger partial charge in [0.15, 0.2) is 0 Å². The molecule has 0 atom stereocenters. The van der Waals surface area contributed by atoms with Crippen LogP contribution in [-0.4, -0.2) is 36.9 Å². The predicted octanol–water partition coefficient (Wildman–Crippen LogP) is 0.792. The lowest BCUT2D eigenvalue weighted by Crippen LogP contribution is -2.43. The summed E-state index contributed by atoms with van der Waals surface area (Å²) in [5.74, 6) is 0. The van der Waals surface area contributed by atoms with Crippen molar-refractivity contribution < 1.29 is 4.74 Å². The van der Waals surface area contributed by atoms with Gasteiger partial charge in [0.25, 0.3) is 0 Å². The second-order valence-electron chi connectivity index (χ2n) is 4.22. The fourth-order valence-electron chi connectivity index (χ4n) is 1.53. The van der Waals surface area contributed by atoms with Gasteiger partial charge in [-0.25, -0.2) is 0 Å². The van der Waals surface area contributed by atoms with E-state index in [1.54, 1.807) is 0 Å². The zero-order valence-electron chi connectivity index (χ0n) is 8.34. The molecule has 0 unspecified atom stereocenters. The summed E-state index contributed by atoms with van der Waals surface area (Å²) in [7, 11) is 2.14. The summed E-state index contributed by atoms with van der Waals surface area (Å²) in [4.78, 5) is 2.32. The normalized spacial score (nSPS) is 23.0. The first-order valence-corrected chi connectivity index (χ1v) is 4.62. The van der Waals surface area contributed by atoms with Crippen molar-refractivity contribution in [1.29, 1.82) is 0 Å². The molecule has 1 aliphatic heterocycles. The second kappa shape index (κ2) is 3.73. The van der Waals surface area contributed by atoms with Crippen LogP contribution in [0.4, 0.5) is 0 Å². The molecule has 12 heavy (non-hydrogen) atoms. The van der Waals surface area contributed by atoms with Crippen molar-refractivity contribution in [2.75, 3.05) is 20.1 Å². The average molecular weight is 172 g/mol. The third-order valence-corrected chi connectivity index (χ3v) is 2.14. The standard InChI is InChI=1S/C9H20N2O/c1-9(2,10)12-8-4-6-11(3)7-5-8/h8H,4-7,10H2,1-3H3. The van der Waals surface area contributed by atoms with E-state index in [1.165, 1.54) is 0 Å². The minimum atomic E-state index is -0.472. The molecule has 2 N–H and O–H groups in total. The second-order valence-corrected chi connectivity index (χ2v) is 4.22. The Morgan fingerprint density at radius 3 is 2.25 bits per heavy atom. The van der Waals surface area contributed by atoms with E-state index in [0.29, 0.717) is 6.10 Å². The fraction of sp³-hybridized carbons (Fsp3) is 1.00. The summed E-state index contributed by atoms with van der Waals surface area (Å²) in [6.07, 6.45) is 2.58. The molecule has 0 bridgehead atoms. The van der Waals surface area contributed by atoms with Gasteiger partial charge < -0.3 is 15.4 Å². The quantitative estimate of drug-likeness (QED) is 0.626. The van der Waals surface area contributed by atoms with Gasteiger partial charge in [-0.3, -0.25) is 0 Å². The highest BCUT2D eigenvalue weighted by Crippen LogP contribution is 2.16. The zero-order chi connectivity index (χ0) is 9.19. The largest absolute Gasteiger partial charge is 0.358 e. The molecule has 1 heterocycles. The Morgan fingerprint density at radius 2 is 1.83 bits per heavy atom. The topological polar surface area (TPSA) is 38.5 Å². The first-order valence-electron chi connectivity index (χ1n) is 4.62. The average Bonchev–Trinajstić information content (AvgIpc) is 1.91. The lowest BCUT2D eigenvalue weighted by atomic mass is 10.1. The van der Waals surface area contributed by atoms with E-state index in [-0.39, 0.29) is 0 Å². The lowest BCUT2D eigenvalue weighted by Gasteiger charge is -2.33. The van der Waals surface area contributed by atoms with Gasteiger partial charge in [0.1, 0.15) is 5.72 Å². The summed E-state index contributed by atoms with van der Waals surface area (Å²) < 4.78 is 5.68. The molecule has 0 aliphatic carbocycles. The van der Waals surface area contributed by atoms with Crippen LogP contribution in [0.5, 0.6) is 0 Å². The molecule has 3 heteroatoms. The Hall–Kier alpha value is -0.120. The minimum absolute atomic E-state index is 0.362. The van der Waals surface area contributed by atoms with E-state index >= 15 is 0 Å². The van der Waals surface area contributed by atoms with Gasteiger partial charge in [-0.2, -0.15) is 0 Å². The first kappa shape index (κ1) is 9.96. The van der Waals surface area contributed by atoms with Gasteiger partial charge in [0, 0.05) is 13.1 Å². The Kier molecular flexibility index (Phi) is 3.09. The third-order valence-electron chi connectivity index (χ3n) is 2.14. The number of nitrogens with two attached hydrogens (primary N) is 1. The summed E-state index contributed by atoms with van der Waals surface area (Å²) in [5.41, 5.74) is 5.29. The van der Waals surface area contributed by atoms with Crippen LogP contribution in [0.15, 0.2) is 0 Å². The van der Waals surface area contributed by atoms with Crippen LogP contribution in [0.1, 0.15) is 26.7 Å². The third kappa shape index (κ3) is 3.52. The van der Waals surface area contributed by atoms with E-state index in [9.17, 15) is 0 Å². The number of ether oxygens (including phenoxy) is 1. The number of hydrogen-bond acceptors (Lipinski definition) is 3. The highest BCUT2D eigenvalue weighted by molar-refractivity contribution is 4.72. The molecule has 0 amide bonds. The molecular formula is C9H20N2O. The molecule has 0 aromatic heterocycles. The molecule has 1 saturated heterocycles. The van der Waals surface area contributed by atoms with E-state index in [2.05, 4.69) is 11.9 Å². The summed E-state index contributed by atoms with van der Waals surface area (Å²) in [5, 5.41) is 0. The smallest absolute Gasteiger partial charge is 0.111 e. The van der Waals surface area contributed by atoms with Crippen LogP contribution in [0, 0.1) is 0 Å².